The van der Waals surface area contributed by atoms with Crippen molar-refractivity contribution < 1.29 is 27.9 Å². The van der Waals surface area contributed by atoms with Gasteiger partial charge in [-0.05, 0) is 62.2 Å². The van der Waals surface area contributed by atoms with Crippen LogP contribution in [0.2, 0.25) is 0 Å². The molecule has 40 heavy (non-hydrogen) atoms. The molecule has 0 bridgehead atoms. The molecular weight excluding hydrogens is 537 g/mol. The van der Waals surface area contributed by atoms with E-state index in [1.54, 1.807) is 12.1 Å². The second-order valence-corrected chi connectivity index (χ2v) is 13.5. The van der Waals surface area contributed by atoms with E-state index >= 15 is 4.39 Å². The van der Waals surface area contributed by atoms with Crippen molar-refractivity contribution in [2.45, 2.75) is 50.9 Å². The number of aromatic nitrogens is 2. The number of amides is 3. The molecule has 3 amide bonds. The molecule has 4 aliphatic heterocycles. The maximum absolute atomic E-state index is 16.2. The lowest BCUT2D eigenvalue weighted by atomic mass is 10.0. The van der Waals surface area contributed by atoms with Crippen LogP contribution in [-0.4, -0.2) is 76.8 Å². The first-order valence-electron chi connectivity index (χ1n) is 13.6. The van der Waals surface area contributed by atoms with Gasteiger partial charge in [0.2, 0.25) is 11.8 Å². The molecule has 10 nitrogen and oxygen atoms in total. The third kappa shape index (κ3) is 4.21. The van der Waals surface area contributed by atoms with Crippen molar-refractivity contribution in [1.29, 1.82) is 0 Å². The van der Waals surface area contributed by atoms with Crippen LogP contribution in [0.25, 0.3) is 22.3 Å². The Balaban J connectivity index is 1.28. The minimum Gasteiger partial charge on any atom is -0.326 e. The monoisotopic (exact) mass is 567 g/mol. The van der Waals surface area contributed by atoms with Crippen LogP contribution in [0.1, 0.15) is 53.2 Å². The first-order valence-corrected chi connectivity index (χ1v) is 15.5. The lowest BCUT2D eigenvalue weighted by Crippen LogP contribution is -2.52. The van der Waals surface area contributed by atoms with E-state index < -0.39 is 34.3 Å². The molecule has 1 aromatic carbocycles. The third-order valence-electron chi connectivity index (χ3n) is 8.60. The smallest absolute Gasteiger partial charge is 0.255 e. The highest BCUT2D eigenvalue weighted by atomic mass is 32.3. The second kappa shape index (κ2) is 9.37. The van der Waals surface area contributed by atoms with Crippen molar-refractivity contribution in [3.8, 4) is 11.3 Å². The maximum Gasteiger partial charge on any atom is 0.255 e. The molecule has 7 rings (SSSR count). The molecule has 210 valence electrons. The summed E-state index contributed by atoms with van der Waals surface area (Å²) in [4.78, 5) is 45.8. The van der Waals surface area contributed by atoms with Gasteiger partial charge in [0.05, 0.1) is 29.8 Å². The third-order valence-corrected chi connectivity index (χ3v) is 10.4. The number of pyridine rings is 1. The predicted molar refractivity (Wildman–Crippen MR) is 147 cm³/mol. The highest BCUT2D eigenvalue weighted by Gasteiger charge is 2.41. The first kappa shape index (κ1) is 25.6. The van der Waals surface area contributed by atoms with Crippen molar-refractivity contribution in [1.82, 2.24) is 24.7 Å². The molecule has 1 unspecified atom stereocenters. The molecule has 4 aliphatic rings. The average molecular weight is 568 g/mol. The fourth-order valence-electron chi connectivity index (χ4n) is 6.47. The zero-order valence-corrected chi connectivity index (χ0v) is 22.6. The summed E-state index contributed by atoms with van der Waals surface area (Å²) in [5.41, 5.74) is 2.85. The van der Waals surface area contributed by atoms with E-state index in [0.29, 0.717) is 17.9 Å². The molecule has 3 saturated heterocycles. The van der Waals surface area contributed by atoms with Gasteiger partial charge < -0.3 is 9.47 Å². The van der Waals surface area contributed by atoms with Crippen LogP contribution in [0.5, 0.6) is 0 Å². The molecule has 0 spiro atoms. The van der Waals surface area contributed by atoms with Gasteiger partial charge in [0.15, 0.2) is 0 Å². The molecule has 0 radical (unpaired) electrons. The van der Waals surface area contributed by atoms with Gasteiger partial charge >= 0.3 is 0 Å². The molecule has 3 aromatic rings. The average Bonchev–Trinajstić information content (AvgIpc) is 3.63. The zero-order chi connectivity index (χ0) is 27.8. The number of hydrogen-bond donors (Lipinski definition) is 3. The Morgan fingerprint density at radius 1 is 1.07 bits per heavy atom. The Labute approximate surface area is 231 Å². The van der Waals surface area contributed by atoms with Crippen molar-refractivity contribution in [2.75, 3.05) is 24.6 Å². The first-order chi connectivity index (χ1) is 19.2. The van der Waals surface area contributed by atoms with Crippen LogP contribution in [0.3, 0.4) is 0 Å². The highest BCUT2D eigenvalue weighted by molar-refractivity contribution is 8.25. The quantitative estimate of drug-likeness (QED) is 0.403. The molecule has 2 aromatic heterocycles. The normalized spacial score (nSPS) is 23.9. The Morgan fingerprint density at radius 2 is 1.82 bits per heavy atom. The molecule has 6 heterocycles. The van der Waals surface area contributed by atoms with E-state index in [-0.39, 0.29) is 59.5 Å². The topological polar surface area (TPSA) is 128 Å². The number of hydrogen-bond acceptors (Lipinski definition) is 7. The van der Waals surface area contributed by atoms with E-state index in [1.165, 1.54) is 4.90 Å². The second-order valence-electron chi connectivity index (χ2n) is 11.3. The molecule has 1 atom stereocenters. The minimum absolute atomic E-state index is 0.0562. The van der Waals surface area contributed by atoms with Crippen molar-refractivity contribution in [2.24, 2.45) is 0 Å². The SMILES string of the molecule is O=C1CCC(N2Cc3c(ccc(-c4cc(CN5CCCC5)c5ccn(C6CS(O)(O)C6)c5n4)c3F)C2=O)C(=O)N1. The van der Waals surface area contributed by atoms with Gasteiger partial charge in [0.1, 0.15) is 17.5 Å². The van der Waals surface area contributed by atoms with Crippen LogP contribution in [0, 0.1) is 5.82 Å². The summed E-state index contributed by atoms with van der Waals surface area (Å²) in [6, 6.07) is 6.17. The summed E-state index contributed by atoms with van der Waals surface area (Å²) in [6.07, 6.45) is 4.53. The van der Waals surface area contributed by atoms with Crippen LogP contribution in [-0.2, 0) is 22.7 Å². The maximum atomic E-state index is 16.2. The fourth-order valence-corrected chi connectivity index (χ4v) is 7.93. The van der Waals surface area contributed by atoms with Crippen LogP contribution in [0.4, 0.5) is 4.39 Å². The number of benzene rings is 1. The summed E-state index contributed by atoms with van der Waals surface area (Å²) in [5.74, 6) is -1.33. The number of fused-ring (bicyclic) bond motifs is 2. The van der Waals surface area contributed by atoms with Gasteiger partial charge in [-0.25, -0.2) is 9.37 Å². The number of likely N-dealkylation sites (tertiary alicyclic amines) is 1. The van der Waals surface area contributed by atoms with Crippen LogP contribution < -0.4 is 5.32 Å². The molecule has 3 fully saturated rings. The molecular formula is C28H30FN5O5S. The summed E-state index contributed by atoms with van der Waals surface area (Å²) in [7, 11) is -2.56. The number of piperidine rings is 1. The fraction of sp³-hybridized carbons (Fsp3) is 0.429. The summed E-state index contributed by atoms with van der Waals surface area (Å²) < 4.78 is 38.1. The van der Waals surface area contributed by atoms with Crippen molar-refractivity contribution in [3.63, 3.8) is 0 Å². The van der Waals surface area contributed by atoms with Gasteiger partial charge in [-0.2, -0.15) is 10.6 Å². The Kier molecular flexibility index (Phi) is 6.00. The summed E-state index contributed by atoms with van der Waals surface area (Å²) in [6.45, 7) is 2.63. The number of carbonyl (C=O) groups excluding carboxylic acids is 3. The standard InChI is InChI=1S/C28H30FN5O5S/c29-25-20(4-3-19-21(25)13-34(28(19)37)23-5-6-24(35)31-27(23)36)22-11-16(12-32-8-1-2-9-32)18-7-10-33(26(18)30-22)17-14-40(38,39)15-17/h3-4,7,10-11,17,23,38-39H,1-2,5-6,8-9,12-15H2,(H,31,35,36). The van der Waals surface area contributed by atoms with Crippen molar-refractivity contribution in [3.05, 3.63) is 53.0 Å². The lowest BCUT2D eigenvalue weighted by molar-refractivity contribution is -0.136. The Hall–Kier alpha value is -3.32. The van der Waals surface area contributed by atoms with Gasteiger partial charge in [-0.15, -0.1) is 0 Å². The molecule has 3 N–H and O–H groups in total. The van der Waals surface area contributed by atoms with E-state index in [0.717, 1.165) is 36.9 Å². The molecule has 12 heteroatoms. The highest BCUT2D eigenvalue weighted by Crippen LogP contribution is 2.54. The Bertz CT molecular complexity index is 1570. The number of nitrogens with zero attached hydrogens (tertiary/aromatic N) is 4. The largest absolute Gasteiger partial charge is 0.326 e. The zero-order valence-electron chi connectivity index (χ0n) is 21.8. The van der Waals surface area contributed by atoms with Gasteiger partial charge in [0, 0.05) is 41.2 Å². The van der Waals surface area contributed by atoms with Gasteiger partial charge in [-0.1, -0.05) is 0 Å². The van der Waals surface area contributed by atoms with Gasteiger partial charge in [-0.3, -0.25) is 33.7 Å². The van der Waals surface area contributed by atoms with Crippen LogP contribution >= 0.6 is 10.6 Å². The number of halogens is 1. The van der Waals surface area contributed by atoms with Gasteiger partial charge in [0.25, 0.3) is 5.91 Å². The Morgan fingerprint density at radius 3 is 2.55 bits per heavy atom. The van der Waals surface area contributed by atoms with E-state index in [2.05, 4.69) is 10.2 Å². The molecule has 0 saturated carbocycles. The van der Waals surface area contributed by atoms with E-state index in [1.807, 2.05) is 22.9 Å². The number of imide groups is 1. The lowest BCUT2D eigenvalue weighted by Gasteiger charge is -2.47. The molecule has 0 aliphatic carbocycles. The van der Waals surface area contributed by atoms with Crippen molar-refractivity contribution >= 4 is 39.3 Å². The number of rotatable bonds is 5. The van der Waals surface area contributed by atoms with Crippen LogP contribution in [0.15, 0.2) is 30.5 Å². The van der Waals surface area contributed by atoms with E-state index in [4.69, 9.17) is 4.98 Å². The number of carbonyl (C=O) groups is 3. The minimum atomic E-state index is -2.56. The summed E-state index contributed by atoms with van der Waals surface area (Å²) in [5, 5.41) is 3.23. The van der Waals surface area contributed by atoms with E-state index in [9.17, 15) is 23.5 Å². The summed E-state index contributed by atoms with van der Waals surface area (Å²) >= 11 is 0. The number of nitrogens with one attached hydrogen (secondary N) is 1. The predicted octanol–water partition coefficient (Wildman–Crippen LogP) is 3.50.